The summed E-state index contributed by atoms with van der Waals surface area (Å²) in [7, 11) is -14.1. The zero-order valence-corrected chi connectivity index (χ0v) is 36.5. The number of hydrogen-bond acceptors (Lipinski definition) is 11. The van der Waals surface area contributed by atoms with E-state index >= 15 is 0 Å². The molecule has 5 rings (SSSR count). The second-order valence-corrected chi connectivity index (χ2v) is 16.0. The van der Waals surface area contributed by atoms with Crippen molar-refractivity contribution < 1.29 is 103 Å². The summed E-state index contributed by atoms with van der Waals surface area (Å²) in [5, 5.41) is 0. The molecule has 17 heteroatoms. The molecule has 0 atom stereocenters. The number of ketones is 1. The maximum atomic E-state index is 12.5. The molecule has 0 spiro atoms. The Hall–Kier alpha value is -2.90. The van der Waals surface area contributed by atoms with Crippen LogP contribution in [0.3, 0.4) is 0 Å². The number of hydrogen-bond donors (Lipinski definition) is 1. The van der Waals surface area contributed by atoms with Crippen molar-refractivity contribution in [3.63, 3.8) is 0 Å². The first kappa shape index (κ1) is 45.5. The van der Waals surface area contributed by atoms with Crippen LogP contribution in [0.25, 0.3) is 5.57 Å². The van der Waals surface area contributed by atoms with Gasteiger partial charge in [-0.25, -0.2) is 16.8 Å². The van der Waals surface area contributed by atoms with Crippen molar-refractivity contribution >= 4 is 53.1 Å². The summed E-state index contributed by atoms with van der Waals surface area (Å²) in [6, 6.07) is 25.8. The van der Waals surface area contributed by atoms with Crippen LogP contribution in [-0.4, -0.2) is 57.8 Å². The minimum Gasteiger partial charge on any atom is -0.744 e. The van der Waals surface area contributed by atoms with Gasteiger partial charge in [0.25, 0.3) is 10.1 Å². The molecule has 0 saturated heterocycles. The average Bonchev–Trinajstić information content (AvgIpc) is 3.10. The summed E-state index contributed by atoms with van der Waals surface area (Å²) in [5.41, 5.74) is 4.30. The van der Waals surface area contributed by atoms with Gasteiger partial charge in [-0.15, -0.1) is 0 Å². The molecule has 0 amide bonds. The van der Waals surface area contributed by atoms with Crippen molar-refractivity contribution in [2.24, 2.45) is 0 Å². The largest absolute Gasteiger partial charge is 1.00 e. The Bertz CT molecular complexity index is 2300. The van der Waals surface area contributed by atoms with Crippen LogP contribution in [0.2, 0.25) is 0 Å². The molecule has 4 aromatic rings. The predicted octanol–water partition coefficient (Wildman–Crippen LogP) is -0.732. The molecule has 1 aliphatic rings. The van der Waals surface area contributed by atoms with E-state index < -0.39 is 41.0 Å². The Kier molecular flexibility index (Phi) is 15.9. The minimum atomic E-state index is -4.83. The number of carbonyl (C=O) groups excluding carboxylic acids is 1. The summed E-state index contributed by atoms with van der Waals surface area (Å²) in [4.78, 5) is 14.9. The molecule has 0 fully saturated rings. The van der Waals surface area contributed by atoms with Gasteiger partial charge in [0, 0.05) is 49.2 Å². The van der Waals surface area contributed by atoms with E-state index in [1.54, 1.807) is 60.7 Å². The van der Waals surface area contributed by atoms with E-state index in [4.69, 9.17) is 0 Å². The fourth-order valence-corrected chi connectivity index (χ4v) is 7.68. The van der Waals surface area contributed by atoms with Gasteiger partial charge in [-0.1, -0.05) is 48.5 Å². The number of allylic oxidation sites excluding steroid dienone is 4. The van der Waals surface area contributed by atoms with Crippen LogP contribution in [0.1, 0.15) is 36.1 Å². The molecule has 0 heterocycles. The molecule has 54 heavy (non-hydrogen) atoms. The molecule has 0 unspecified atom stereocenters. The van der Waals surface area contributed by atoms with Crippen molar-refractivity contribution in [3.05, 3.63) is 148 Å². The monoisotopic (exact) mass is 808 g/mol. The van der Waals surface area contributed by atoms with Gasteiger partial charge in [-0.3, -0.25) is 9.35 Å². The van der Waals surface area contributed by atoms with Gasteiger partial charge in [0.05, 0.1) is 9.79 Å². The quantitative estimate of drug-likeness (QED) is 0.132. The van der Waals surface area contributed by atoms with E-state index in [0.29, 0.717) is 54.0 Å². The molecule has 12 nitrogen and oxygen atoms in total. The third kappa shape index (κ3) is 11.3. The summed E-state index contributed by atoms with van der Waals surface area (Å²) in [6.07, 6.45) is 3.40. The van der Waals surface area contributed by atoms with E-state index in [1.165, 1.54) is 48.6 Å². The molecule has 1 N–H and O–H groups in total. The molecule has 0 aromatic heterocycles. The SMILES string of the molecule is CCN(Cc1cccc(S(=O)(=O)[O-])c1)c1ccc(C(=C2C=CC(=O)C=C2S(=O)(=O)O)c2ccc(N(CC)Cc3cccc(S(=O)(=O)[O-])c3)cc2)cc1.[Na+].[Na+]. The molecule has 0 aliphatic heterocycles. The van der Waals surface area contributed by atoms with Gasteiger partial charge in [0.2, 0.25) is 0 Å². The smallest absolute Gasteiger partial charge is 0.744 e. The van der Waals surface area contributed by atoms with Gasteiger partial charge >= 0.3 is 59.1 Å². The maximum absolute atomic E-state index is 12.5. The van der Waals surface area contributed by atoms with E-state index in [1.807, 2.05) is 23.6 Å². The topological polar surface area (TPSA) is 192 Å². The third-order valence-electron chi connectivity index (χ3n) is 8.43. The Balaban J connectivity index is 0.00000392. The number of rotatable bonds is 13. The van der Waals surface area contributed by atoms with Crippen LogP contribution in [0, 0.1) is 0 Å². The fourth-order valence-electron chi connectivity index (χ4n) is 5.89. The van der Waals surface area contributed by atoms with Crippen LogP contribution in [0.15, 0.2) is 136 Å². The zero-order chi connectivity index (χ0) is 37.8. The van der Waals surface area contributed by atoms with Gasteiger partial charge < -0.3 is 18.9 Å². The van der Waals surface area contributed by atoms with Gasteiger partial charge in [0.15, 0.2) is 5.78 Å². The Morgan fingerprint density at radius 3 is 1.39 bits per heavy atom. The van der Waals surface area contributed by atoms with Crippen LogP contribution in [0.4, 0.5) is 11.4 Å². The molecule has 0 radical (unpaired) electrons. The van der Waals surface area contributed by atoms with Gasteiger partial charge in [0.1, 0.15) is 25.1 Å². The van der Waals surface area contributed by atoms with E-state index in [-0.39, 0.29) is 74.5 Å². The molecule has 1 aliphatic carbocycles. The summed E-state index contributed by atoms with van der Waals surface area (Å²) in [6.45, 7) is 5.45. The van der Waals surface area contributed by atoms with Crippen LogP contribution < -0.4 is 68.9 Å². The fraction of sp³-hybridized carbons (Fsp3) is 0.162. The summed E-state index contributed by atoms with van der Waals surface area (Å²) >= 11 is 0. The van der Waals surface area contributed by atoms with E-state index in [9.17, 15) is 43.7 Å². The molecular weight excluding hydrogens is 775 g/mol. The standard InChI is InChI=1S/C37H36N2O10S3.2Na/c1-3-38(24-26-7-5-9-33(21-26)50(41,42)43)30-15-11-28(12-16-30)37(35-20-19-32(40)23-36(35)52(47,48)49)29-13-17-31(18-14-29)39(4-2)25-27-8-6-10-34(22-27)51(44,45)46;;/h5-23H,3-4,24-25H2,1-2H3,(H,41,42,43)(H,44,45,46)(H,47,48,49);;/q;2*+1/p-2. The van der Waals surface area contributed by atoms with Crippen molar-refractivity contribution in [2.75, 3.05) is 22.9 Å². The first-order valence-electron chi connectivity index (χ1n) is 15.9. The first-order chi connectivity index (χ1) is 24.5. The zero-order valence-electron chi connectivity index (χ0n) is 30.0. The van der Waals surface area contributed by atoms with Crippen LogP contribution in [-0.2, 0) is 48.2 Å². The van der Waals surface area contributed by atoms with E-state index in [2.05, 4.69) is 0 Å². The summed E-state index contributed by atoms with van der Waals surface area (Å²) in [5.74, 6) is -0.610. The number of carbonyl (C=O) groups is 1. The Labute approximate surface area is 360 Å². The van der Waals surface area contributed by atoms with Gasteiger partial charge in [-0.2, -0.15) is 8.42 Å². The minimum absolute atomic E-state index is 0. The molecular formula is C37H34N2Na2O10S3. The van der Waals surface area contributed by atoms with Crippen molar-refractivity contribution in [2.45, 2.75) is 36.7 Å². The van der Waals surface area contributed by atoms with Crippen molar-refractivity contribution in [3.8, 4) is 0 Å². The molecule has 272 valence electrons. The van der Waals surface area contributed by atoms with Gasteiger partial charge in [-0.05, 0) is 102 Å². The first-order valence-corrected chi connectivity index (χ1v) is 20.2. The summed E-state index contributed by atoms with van der Waals surface area (Å²) < 4.78 is 105. The number of benzene rings is 4. The average molecular weight is 809 g/mol. The number of anilines is 2. The second-order valence-electron chi connectivity index (χ2n) is 11.8. The Morgan fingerprint density at radius 2 is 1.04 bits per heavy atom. The van der Waals surface area contributed by atoms with Crippen molar-refractivity contribution in [1.29, 1.82) is 0 Å². The normalized spacial score (nSPS) is 13.0. The molecule has 0 bridgehead atoms. The molecule has 0 saturated carbocycles. The van der Waals surface area contributed by atoms with Crippen molar-refractivity contribution in [1.82, 2.24) is 0 Å². The molecule has 4 aromatic carbocycles. The van der Waals surface area contributed by atoms with E-state index in [0.717, 1.165) is 17.5 Å². The Morgan fingerprint density at radius 1 is 0.630 bits per heavy atom. The predicted molar refractivity (Wildman–Crippen MR) is 195 cm³/mol. The second kappa shape index (κ2) is 18.8. The van der Waals surface area contributed by atoms with Crippen LogP contribution >= 0.6 is 0 Å². The van der Waals surface area contributed by atoms with Crippen LogP contribution in [0.5, 0.6) is 0 Å². The maximum Gasteiger partial charge on any atom is 1.00 e. The number of nitrogens with zero attached hydrogens (tertiary/aromatic N) is 2. The third-order valence-corrected chi connectivity index (χ3v) is 11.0.